The molecule has 2 rings (SSSR count). The van der Waals surface area contributed by atoms with Crippen molar-refractivity contribution in [1.82, 2.24) is 5.32 Å². The summed E-state index contributed by atoms with van der Waals surface area (Å²) in [7, 11) is 0. The lowest BCUT2D eigenvalue weighted by Gasteiger charge is -2.40. The average molecular weight is 250 g/mol. The molecule has 0 heterocycles. The van der Waals surface area contributed by atoms with Gasteiger partial charge in [-0.3, -0.25) is 9.59 Å². The summed E-state index contributed by atoms with van der Waals surface area (Å²) in [6.45, 7) is -0.213. The first-order valence-electron chi connectivity index (χ1n) is 5.88. The van der Waals surface area contributed by atoms with E-state index in [1.54, 1.807) is 18.2 Å². The smallest absolute Gasteiger partial charge is 0.236 e. The van der Waals surface area contributed by atoms with Crippen molar-refractivity contribution < 1.29 is 14.0 Å². The summed E-state index contributed by atoms with van der Waals surface area (Å²) in [5.41, 5.74) is 4.55. The van der Waals surface area contributed by atoms with Gasteiger partial charge in [-0.1, -0.05) is 24.6 Å². The third-order valence-corrected chi connectivity index (χ3v) is 3.45. The number of hydrogen-bond acceptors (Lipinski definition) is 2. The molecule has 1 aliphatic rings. The highest BCUT2D eigenvalue weighted by Crippen LogP contribution is 2.44. The van der Waals surface area contributed by atoms with Crippen molar-refractivity contribution in [1.29, 1.82) is 0 Å². The molecule has 0 atom stereocenters. The van der Waals surface area contributed by atoms with Crippen molar-refractivity contribution >= 4 is 11.8 Å². The molecule has 1 fully saturated rings. The summed E-state index contributed by atoms with van der Waals surface area (Å²) >= 11 is 0. The van der Waals surface area contributed by atoms with Crippen molar-refractivity contribution in [2.45, 2.75) is 24.7 Å². The minimum absolute atomic E-state index is 0.213. The predicted octanol–water partition coefficient (Wildman–Crippen LogP) is 0.849. The molecule has 0 saturated heterocycles. The number of hydrogen-bond donors (Lipinski definition) is 2. The lowest BCUT2D eigenvalue weighted by molar-refractivity contribution is -0.132. The van der Waals surface area contributed by atoms with Gasteiger partial charge in [-0.15, -0.1) is 0 Å². The van der Waals surface area contributed by atoms with Gasteiger partial charge in [0.25, 0.3) is 0 Å². The molecular weight excluding hydrogens is 235 g/mol. The Labute approximate surface area is 104 Å². The van der Waals surface area contributed by atoms with Crippen LogP contribution in [-0.2, 0) is 15.0 Å². The number of benzene rings is 1. The van der Waals surface area contributed by atoms with Crippen LogP contribution in [0.4, 0.5) is 4.39 Å². The van der Waals surface area contributed by atoms with Gasteiger partial charge in [0, 0.05) is 5.56 Å². The lowest BCUT2D eigenvalue weighted by Crippen LogP contribution is -2.51. The minimum Gasteiger partial charge on any atom is -0.368 e. The van der Waals surface area contributed by atoms with E-state index in [1.807, 2.05) is 0 Å². The number of carbonyl (C=O) groups excluding carboxylic acids is 2. The molecule has 1 saturated carbocycles. The summed E-state index contributed by atoms with van der Waals surface area (Å²) in [4.78, 5) is 22.8. The van der Waals surface area contributed by atoms with Gasteiger partial charge in [-0.25, -0.2) is 4.39 Å². The number of amides is 2. The van der Waals surface area contributed by atoms with Gasteiger partial charge in [-0.05, 0) is 18.9 Å². The van der Waals surface area contributed by atoms with Crippen molar-refractivity contribution in [2.24, 2.45) is 5.73 Å². The molecular formula is C13H15FN2O2. The molecule has 18 heavy (non-hydrogen) atoms. The van der Waals surface area contributed by atoms with Crippen LogP contribution in [0.25, 0.3) is 0 Å². The zero-order chi connectivity index (χ0) is 13.2. The van der Waals surface area contributed by atoms with Gasteiger partial charge in [0.1, 0.15) is 5.82 Å². The van der Waals surface area contributed by atoms with Crippen molar-refractivity contribution in [3.8, 4) is 0 Å². The van der Waals surface area contributed by atoms with Crippen LogP contribution >= 0.6 is 0 Å². The van der Waals surface area contributed by atoms with Gasteiger partial charge in [-0.2, -0.15) is 0 Å². The Morgan fingerprint density at radius 1 is 1.33 bits per heavy atom. The summed E-state index contributed by atoms with van der Waals surface area (Å²) in [5.74, 6) is -1.31. The average Bonchev–Trinajstić information content (AvgIpc) is 2.27. The van der Waals surface area contributed by atoms with Crippen molar-refractivity contribution in [2.75, 3.05) is 6.54 Å². The third-order valence-electron chi connectivity index (χ3n) is 3.45. The first-order chi connectivity index (χ1) is 8.56. The van der Waals surface area contributed by atoms with E-state index >= 15 is 0 Å². The van der Waals surface area contributed by atoms with Gasteiger partial charge in [0.15, 0.2) is 0 Å². The molecule has 96 valence electrons. The van der Waals surface area contributed by atoms with E-state index < -0.39 is 11.3 Å². The van der Waals surface area contributed by atoms with E-state index in [0.717, 1.165) is 6.42 Å². The van der Waals surface area contributed by atoms with E-state index in [0.29, 0.717) is 18.4 Å². The predicted molar refractivity (Wildman–Crippen MR) is 64.1 cm³/mol. The Morgan fingerprint density at radius 3 is 2.50 bits per heavy atom. The number of nitrogens with two attached hydrogens (primary N) is 1. The number of nitrogens with one attached hydrogen (secondary N) is 1. The van der Waals surface area contributed by atoms with Crippen LogP contribution in [0.1, 0.15) is 24.8 Å². The standard InChI is InChI=1S/C13H15FN2O2/c14-10-5-2-1-4-9(10)13(6-3-7-13)12(18)16-8-11(15)17/h1-2,4-5H,3,6-8H2,(H2,15,17)(H,16,18). The second-order valence-electron chi connectivity index (χ2n) is 4.56. The van der Waals surface area contributed by atoms with Gasteiger partial charge >= 0.3 is 0 Å². The molecule has 0 unspecified atom stereocenters. The van der Waals surface area contributed by atoms with Gasteiger partial charge in [0.2, 0.25) is 11.8 Å². The van der Waals surface area contributed by atoms with Crippen molar-refractivity contribution in [3.63, 3.8) is 0 Å². The second-order valence-corrected chi connectivity index (χ2v) is 4.56. The molecule has 1 aromatic rings. The maximum atomic E-state index is 13.8. The molecule has 0 spiro atoms. The Morgan fingerprint density at radius 2 is 2.00 bits per heavy atom. The fourth-order valence-electron chi connectivity index (χ4n) is 2.33. The molecule has 4 nitrogen and oxygen atoms in total. The summed E-state index contributed by atoms with van der Waals surface area (Å²) in [6, 6.07) is 6.27. The van der Waals surface area contributed by atoms with E-state index in [1.165, 1.54) is 6.07 Å². The Kier molecular flexibility index (Phi) is 3.32. The molecule has 1 aromatic carbocycles. The fraction of sp³-hybridized carbons (Fsp3) is 0.385. The van der Waals surface area contributed by atoms with Crippen LogP contribution in [0.3, 0.4) is 0 Å². The first kappa shape index (κ1) is 12.5. The van der Waals surface area contributed by atoms with E-state index in [9.17, 15) is 14.0 Å². The molecule has 5 heteroatoms. The summed E-state index contributed by atoms with van der Waals surface area (Å²) < 4.78 is 13.8. The fourth-order valence-corrected chi connectivity index (χ4v) is 2.33. The number of rotatable bonds is 4. The maximum absolute atomic E-state index is 13.8. The monoisotopic (exact) mass is 250 g/mol. The molecule has 0 radical (unpaired) electrons. The molecule has 2 amide bonds. The van der Waals surface area contributed by atoms with Crippen LogP contribution in [-0.4, -0.2) is 18.4 Å². The van der Waals surface area contributed by atoms with Crippen LogP contribution in [0.5, 0.6) is 0 Å². The largest absolute Gasteiger partial charge is 0.368 e. The molecule has 3 N–H and O–H groups in total. The van der Waals surface area contributed by atoms with Crippen LogP contribution < -0.4 is 11.1 Å². The normalized spacial score (nSPS) is 16.7. The quantitative estimate of drug-likeness (QED) is 0.831. The maximum Gasteiger partial charge on any atom is 0.236 e. The van der Waals surface area contributed by atoms with Crippen molar-refractivity contribution in [3.05, 3.63) is 35.6 Å². The molecule has 1 aliphatic carbocycles. The van der Waals surface area contributed by atoms with Crippen LogP contribution in [0, 0.1) is 5.82 Å². The highest BCUT2D eigenvalue weighted by Gasteiger charge is 2.47. The second kappa shape index (κ2) is 4.76. The molecule has 0 bridgehead atoms. The highest BCUT2D eigenvalue weighted by molar-refractivity contribution is 5.92. The molecule has 0 aliphatic heterocycles. The SMILES string of the molecule is NC(=O)CNC(=O)C1(c2ccccc2F)CCC1. The molecule has 0 aromatic heterocycles. The van der Waals surface area contributed by atoms with Gasteiger partial charge in [0.05, 0.1) is 12.0 Å². The summed E-state index contributed by atoms with van der Waals surface area (Å²) in [6.07, 6.45) is 2.06. The Balaban J connectivity index is 2.23. The number of primary amides is 1. The van der Waals surface area contributed by atoms with E-state index in [-0.39, 0.29) is 18.3 Å². The topological polar surface area (TPSA) is 72.2 Å². The third kappa shape index (κ3) is 2.08. The van der Waals surface area contributed by atoms with E-state index in [2.05, 4.69) is 5.32 Å². The highest BCUT2D eigenvalue weighted by atomic mass is 19.1. The first-order valence-corrected chi connectivity index (χ1v) is 5.88. The Hall–Kier alpha value is -1.91. The number of halogens is 1. The zero-order valence-electron chi connectivity index (χ0n) is 9.91. The zero-order valence-corrected chi connectivity index (χ0v) is 9.91. The minimum atomic E-state index is -0.833. The summed E-state index contributed by atoms with van der Waals surface area (Å²) in [5, 5.41) is 2.47. The lowest BCUT2D eigenvalue weighted by atomic mass is 9.63. The van der Waals surface area contributed by atoms with Gasteiger partial charge < -0.3 is 11.1 Å². The van der Waals surface area contributed by atoms with Crippen LogP contribution in [0.15, 0.2) is 24.3 Å². The van der Waals surface area contributed by atoms with E-state index in [4.69, 9.17) is 5.73 Å². The Bertz CT molecular complexity index is 484. The number of carbonyl (C=O) groups is 2. The van der Waals surface area contributed by atoms with Crippen LogP contribution in [0.2, 0.25) is 0 Å².